The molecule has 3 aromatic rings. The molecule has 24 heavy (non-hydrogen) atoms. The summed E-state index contributed by atoms with van der Waals surface area (Å²) in [6.45, 7) is 2.05. The van der Waals surface area contributed by atoms with E-state index in [2.05, 4.69) is 29.4 Å². The Morgan fingerprint density at radius 2 is 2.00 bits per heavy atom. The fourth-order valence-corrected chi connectivity index (χ4v) is 3.27. The lowest BCUT2D eigenvalue weighted by molar-refractivity contribution is -0.116. The average Bonchev–Trinajstić information content (AvgIpc) is 3.02. The van der Waals surface area contributed by atoms with E-state index in [1.165, 1.54) is 16.9 Å². The summed E-state index contributed by atoms with van der Waals surface area (Å²) in [6, 6.07) is 15.8. The number of thiazole rings is 1. The van der Waals surface area contributed by atoms with Crippen molar-refractivity contribution in [3.05, 3.63) is 70.1 Å². The van der Waals surface area contributed by atoms with Crippen LogP contribution in [0, 0.1) is 6.92 Å². The van der Waals surface area contributed by atoms with Crippen LogP contribution in [0.15, 0.2) is 53.9 Å². The van der Waals surface area contributed by atoms with Gasteiger partial charge in [-0.25, -0.2) is 4.98 Å². The molecular weight excluding hydrogens is 340 g/mol. The van der Waals surface area contributed by atoms with Crippen LogP contribution in [0.2, 0.25) is 5.02 Å². The summed E-state index contributed by atoms with van der Waals surface area (Å²) >= 11 is 7.39. The van der Waals surface area contributed by atoms with Crippen LogP contribution in [0.3, 0.4) is 0 Å². The van der Waals surface area contributed by atoms with Crippen LogP contribution >= 0.6 is 22.9 Å². The minimum atomic E-state index is -0.0419. The van der Waals surface area contributed by atoms with Gasteiger partial charge >= 0.3 is 0 Å². The first-order chi connectivity index (χ1) is 11.6. The molecule has 0 atom stereocenters. The first kappa shape index (κ1) is 16.7. The van der Waals surface area contributed by atoms with E-state index in [4.69, 9.17) is 11.6 Å². The van der Waals surface area contributed by atoms with Gasteiger partial charge in [0.25, 0.3) is 0 Å². The van der Waals surface area contributed by atoms with Crippen LogP contribution in [0.1, 0.15) is 17.5 Å². The van der Waals surface area contributed by atoms with E-state index in [0.717, 1.165) is 16.8 Å². The maximum Gasteiger partial charge on any atom is 0.226 e. The fourth-order valence-electron chi connectivity index (χ4n) is 2.32. The van der Waals surface area contributed by atoms with Crippen molar-refractivity contribution in [3.8, 4) is 11.3 Å². The van der Waals surface area contributed by atoms with Crippen molar-refractivity contribution >= 4 is 34.0 Å². The Bertz CT molecular complexity index is 843. The van der Waals surface area contributed by atoms with Crippen molar-refractivity contribution in [2.75, 3.05) is 5.32 Å². The van der Waals surface area contributed by atoms with Crippen LogP contribution in [0.25, 0.3) is 11.3 Å². The zero-order valence-corrected chi connectivity index (χ0v) is 14.8. The number of amides is 1. The molecule has 1 aromatic heterocycles. The topological polar surface area (TPSA) is 42.0 Å². The quantitative estimate of drug-likeness (QED) is 0.670. The normalized spacial score (nSPS) is 10.6. The number of nitrogens with one attached hydrogen (secondary N) is 1. The molecule has 0 saturated carbocycles. The van der Waals surface area contributed by atoms with Gasteiger partial charge in [-0.15, -0.1) is 11.3 Å². The summed E-state index contributed by atoms with van der Waals surface area (Å²) in [5, 5.41) is 6.14. The Morgan fingerprint density at radius 1 is 1.21 bits per heavy atom. The third kappa shape index (κ3) is 4.43. The number of hydrogen-bond acceptors (Lipinski definition) is 3. The Hall–Kier alpha value is -2.17. The molecule has 0 bridgehead atoms. The summed E-state index contributed by atoms with van der Waals surface area (Å²) in [4.78, 5) is 16.6. The van der Waals surface area contributed by atoms with Crippen LogP contribution in [-0.4, -0.2) is 10.9 Å². The van der Waals surface area contributed by atoms with E-state index in [1.54, 1.807) is 0 Å². The molecule has 0 radical (unpaired) electrons. The molecule has 1 amide bonds. The molecule has 3 rings (SSSR count). The number of halogens is 1. The SMILES string of the molecule is Cc1ccc(-c2csc(NC(=O)CCc3cccc(Cl)c3)n2)cc1. The van der Waals surface area contributed by atoms with E-state index in [1.807, 2.05) is 41.8 Å². The average molecular weight is 357 g/mol. The molecule has 0 unspecified atom stereocenters. The van der Waals surface area contributed by atoms with Gasteiger partial charge in [0.15, 0.2) is 5.13 Å². The number of hydrogen-bond donors (Lipinski definition) is 1. The van der Waals surface area contributed by atoms with Crippen molar-refractivity contribution in [1.29, 1.82) is 0 Å². The molecule has 0 aliphatic heterocycles. The summed E-state index contributed by atoms with van der Waals surface area (Å²) in [6.07, 6.45) is 1.06. The van der Waals surface area contributed by atoms with Crippen molar-refractivity contribution in [3.63, 3.8) is 0 Å². The second-order valence-corrected chi connectivity index (χ2v) is 6.88. The Balaban J connectivity index is 1.58. The number of carbonyl (C=O) groups excluding carboxylic acids is 1. The van der Waals surface area contributed by atoms with Crippen LogP contribution in [0.5, 0.6) is 0 Å². The minimum Gasteiger partial charge on any atom is -0.302 e. The summed E-state index contributed by atoms with van der Waals surface area (Å²) in [5.74, 6) is -0.0419. The van der Waals surface area contributed by atoms with Gasteiger partial charge in [0, 0.05) is 22.4 Å². The molecule has 2 aromatic carbocycles. The van der Waals surface area contributed by atoms with Gasteiger partial charge in [-0.05, 0) is 31.0 Å². The van der Waals surface area contributed by atoms with E-state index in [9.17, 15) is 4.79 Å². The smallest absolute Gasteiger partial charge is 0.226 e. The number of anilines is 1. The van der Waals surface area contributed by atoms with Gasteiger partial charge in [0.05, 0.1) is 5.69 Å². The molecule has 1 N–H and O–H groups in total. The van der Waals surface area contributed by atoms with Crippen molar-refractivity contribution < 1.29 is 4.79 Å². The highest BCUT2D eigenvalue weighted by Crippen LogP contribution is 2.25. The predicted octanol–water partition coefficient (Wildman–Crippen LogP) is 5.34. The van der Waals surface area contributed by atoms with Gasteiger partial charge in [-0.3, -0.25) is 4.79 Å². The minimum absolute atomic E-state index is 0.0419. The number of nitrogens with zero attached hydrogens (tertiary/aromatic N) is 1. The summed E-state index contributed by atoms with van der Waals surface area (Å²) in [7, 11) is 0. The lowest BCUT2D eigenvalue weighted by Crippen LogP contribution is -2.12. The first-order valence-electron chi connectivity index (χ1n) is 7.67. The van der Waals surface area contributed by atoms with Crippen molar-refractivity contribution in [2.45, 2.75) is 19.8 Å². The molecule has 122 valence electrons. The predicted molar refractivity (Wildman–Crippen MR) is 101 cm³/mol. The zero-order valence-electron chi connectivity index (χ0n) is 13.3. The van der Waals surface area contributed by atoms with Crippen molar-refractivity contribution in [2.24, 2.45) is 0 Å². The number of aromatic nitrogens is 1. The Kier molecular flexibility index (Phi) is 5.28. The fraction of sp³-hybridized carbons (Fsp3) is 0.158. The Morgan fingerprint density at radius 3 is 2.75 bits per heavy atom. The van der Waals surface area contributed by atoms with Gasteiger partial charge in [-0.2, -0.15) is 0 Å². The first-order valence-corrected chi connectivity index (χ1v) is 8.93. The van der Waals surface area contributed by atoms with Crippen LogP contribution < -0.4 is 5.32 Å². The second-order valence-electron chi connectivity index (χ2n) is 5.58. The van der Waals surface area contributed by atoms with Gasteiger partial charge in [0.2, 0.25) is 5.91 Å². The molecule has 1 heterocycles. The summed E-state index contributed by atoms with van der Waals surface area (Å²) in [5.41, 5.74) is 4.20. The van der Waals surface area contributed by atoms with Gasteiger partial charge < -0.3 is 5.32 Å². The monoisotopic (exact) mass is 356 g/mol. The highest BCUT2D eigenvalue weighted by molar-refractivity contribution is 7.14. The molecular formula is C19H17ClN2OS. The maximum absolute atomic E-state index is 12.1. The lowest BCUT2D eigenvalue weighted by Gasteiger charge is -2.03. The highest BCUT2D eigenvalue weighted by atomic mass is 35.5. The van der Waals surface area contributed by atoms with Gasteiger partial charge in [0.1, 0.15) is 0 Å². The van der Waals surface area contributed by atoms with E-state index in [-0.39, 0.29) is 5.91 Å². The molecule has 0 saturated heterocycles. The van der Waals surface area contributed by atoms with E-state index < -0.39 is 0 Å². The largest absolute Gasteiger partial charge is 0.302 e. The molecule has 0 spiro atoms. The number of carbonyl (C=O) groups is 1. The highest BCUT2D eigenvalue weighted by Gasteiger charge is 2.08. The molecule has 5 heteroatoms. The maximum atomic E-state index is 12.1. The lowest BCUT2D eigenvalue weighted by atomic mass is 10.1. The number of aryl methyl sites for hydroxylation is 2. The zero-order chi connectivity index (χ0) is 16.9. The Labute approximate surface area is 150 Å². The third-order valence-electron chi connectivity index (χ3n) is 3.63. The third-order valence-corrected chi connectivity index (χ3v) is 4.62. The number of rotatable bonds is 5. The molecule has 0 fully saturated rings. The van der Waals surface area contributed by atoms with Crippen molar-refractivity contribution in [1.82, 2.24) is 4.98 Å². The number of benzene rings is 2. The van der Waals surface area contributed by atoms with Crippen LogP contribution in [0.4, 0.5) is 5.13 Å². The van der Waals surface area contributed by atoms with Crippen LogP contribution in [-0.2, 0) is 11.2 Å². The van der Waals surface area contributed by atoms with E-state index in [0.29, 0.717) is 23.0 Å². The molecule has 3 nitrogen and oxygen atoms in total. The van der Waals surface area contributed by atoms with E-state index >= 15 is 0 Å². The summed E-state index contributed by atoms with van der Waals surface area (Å²) < 4.78 is 0. The standard InChI is InChI=1S/C19H17ClN2OS/c1-13-5-8-15(9-6-13)17-12-24-19(21-17)22-18(23)10-7-14-3-2-4-16(20)11-14/h2-6,8-9,11-12H,7,10H2,1H3,(H,21,22,23). The van der Waals surface area contributed by atoms with Gasteiger partial charge in [-0.1, -0.05) is 53.6 Å². The second kappa shape index (κ2) is 7.60. The molecule has 0 aliphatic rings. The molecule has 0 aliphatic carbocycles.